The third-order valence-electron chi connectivity index (χ3n) is 5.01. The maximum Gasteiger partial charge on any atom is 0.244 e. The zero-order chi connectivity index (χ0) is 24.9. The van der Waals surface area contributed by atoms with E-state index in [1.54, 1.807) is 45.0 Å². The number of carbonyl (C=O) groups is 2. The summed E-state index contributed by atoms with van der Waals surface area (Å²) in [7, 11) is -3.83. The Labute approximate surface area is 203 Å². The van der Waals surface area contributed by atoms with E-state index in [1.807, 2.05) is 0 Å². The molecule has 2 amide bonds. The number of hydrogen-bond donors (Lipinski definition) is 1. The smallest absolute Gasteiger partial charge is 0.244 e. The average molecular weight is 542 g/mol. The molecule has 0 aromatic heterocycles. The maximum absolute atomic E-state index is 14.3. The van der Waals surface area contributed by atoms with E-state index in [2.05, 4.69) is 21.2 Å². The van der Waals surface area contributed by atoms with Gasteiger partial charge in [-0.25, -0.2) is 12.8 Å². The number of carbonyl (C=O) groups excluding carboxylic acids is 2. The van der Waals surface area contributed by atoms with Crippen molar-refractivity contribution < 1.29 is 22.4 Å². The van der Waals surface area contributed by atoms with Gasteiger partial charge in [0.2, 0.25) is 21.8 Å². The van der Waals surface area contributed by atoms with Crippen LogP contribution in [0.1, 0.15) is 31.9 Å². The van der Waals surface area contributed by atoms with Gasteiger partial charge in [0, 0.05) is 22.6 Å². The molecular weight excluding hydrogens is 513 g/mol. The first-order chi connectivity index (χ1) is 15.3. The van der Waals surface area contributed by atoms with Crippen molar-refractivity contribution in [2.24, 2.45) is 0 Å². The number of rotatable bonds is 9. The molecule has 0 saturated carbocycles. The summed E-state index contributed by atoms with van der Waals surface area (Å²) in [5.41, 5.74) is 1.33. The number of nitrogens with one attached hydrogen (secondary N) is 1. The van der Waals surface area contributed by atoms with Crippen molar-refractivity contribution in [2.75, 3.05) is 17.1 Å². The Morgan fingerprint density at radius 1 is 1.12 bits per heavy atom. The number of nitrogens with zero attached hydrogens (tertiary/aromatic N) is 2. The number of amides is 2. The summed E-state index contributed by atoms with van der Waals surface area (Å²) in [4.78, 5) is 27.2. The SMILES string of the molecule is Cc1cc(N(CC(=O)N(Cc2ccccc2F)[C@@H](C)C(=O)NC(C)C)S(C)(=O)=O)ccc1Br. The van der Waals surface area contributed by atoms with Crippen LogP contribution in [-0.2, 0) is 26.2 Å². The average Bonchev–Trinajstić information content (AvgIpc) is 2.71. The number of benzene rings is 2. The molecule has 0 aliphatic heterocycles. The summed E-state index contributed by atoms with van der Waals surface area (Å²) in [6.45, 7) is 6.19. The van der Waals surface area contributed by atoms with Gasteiger partial charge in [-0.2, -0.15) is 0 Å². The molecule has 33 heavy (non-hydrogen) atoms. The highest BCUT2D eigenvalue weighted by Crippen LogP contribution is 2.25. The van der Waals surface area contributed by atoms with Crippen molar-refractivity contribution >= 4 is 43.5 Å². The molecule has 0 aliphatic rings. The van der Waals surface area contributed by atoms with Gasteiger partial charge in [0.1, 0.15) is 18.4 Å². The van der Waals surface area contributed by atoms with Crippen molar-refractivity contribution in [3.63, 3.8) is 0 Å². The zero-order valence-electron chi connectivity index (χ0n) is 19.3. The molecule has 180 valence electrons. The fourth-order valence-electron chi connectivity index (χ4n) is 3.20. The molecular formula is C23H29BrFN3O4S. The summed E-state index contributed by atoms with van der Waals surface area (Å²) in [6.07, 6.45) is 1.01. The van der Waals surface area contributed by atoms with Crippen LogP contribution in [0.15, 0.2) is 46.9 Å². The van der Waals surface area contributed by atoms with Crippen molar-refractivity contribution in [2.45, 2.75) is 46.3 Å². The minimum absolute atomic E-state index is 0.163. The molecule has 2 aromatic rings. The lowest BCUT2D eigenvalue weighted by Crippen LogP contribution is -2.52. The largest absolute Gasteiger partial charge is 0.352 e. The number of anilines is 1. The Balaban J connectivity index is 2.43. The van der Waals surface area contributed by atoms with Crippen LogP contribution in [0.5, 0.6) is 0 Å². The highest BCUT2D eigenvalue weighted by molar-refractivity contribution is 9.10. The third kappa shape index (κ3) is 7.26. The van der Waals surface area contributed by atoms with Gasteiger partial charge in [-0.15, -0.1) is 0 Å². The fraction of sp³-hybridized carbons (Fsp3) is 0.391. The van der Waals surface area contributed by atoms with E-state index in [0.717, 1.165) is 20.6 Å². The van der Waals surface area contributed by atoms with E-state index >= 15 is 0 Å². The number of halogens is 2. The summed E-state index contributed by atoms with van der Waals surface area (Å²) >= 11 is 3.38. The highest BCUT2D eigenvalue weighted by Gasteiger charge is 2.30. The summed E-state index contributed by atoms with van der Waals surface area (Å²) in [5.74, 6) is -1.56. The van der Waals surface area contributed by atoms with Crippen LogP contribution in [0.25, 0.3) is 0 Å². The normalized spacial score (nSPS) is 12.4. The van der Waals surface area contributed by atoms with E-state index in [-0.39, 0.29) is 18.2 Å². The van der Waals surface area contributed by atoms with Crippen molar-refractivity contribution in [3.8, 4) is 0 Å². The topological polar surface area (TPSA) is 86.8 Å². The number of hydrogen-bond acceptors (Lipinski definition) is 4. The number of aryl methyl sites for hydroxylation is 1. The molecule has 0 saturated heterocycles. The third-order valence-corrected chi connectivity index (χ3v) is 7.04. The lowest BCUT2D eigenvalue weighted by atomic mass is 10.1. The highest BCUT2D eigenvalue weighted by atomic mass is 79.9. The van der Waals surface area contributed by atoms with E-state index in [1.165, 1.54) is 30.0 Å². The van der Waals surface area contributed by atoms with Crippen LogP contribution in [0.3, 0.4) is 0 Å². The minimum Gasteiger partial charge on any atom is -0.352 e. The van der Waals surface area contributed by atoms with E-state index < -0.39 is 40.2 Å². The lowest BCUT2D eigenvalue weighted by molar-refractivity contribution is -0.139. The lowest BCUT2D eigenvalue weighted by Gasteiger charge is -2.32. The van der Waals surface area contributed by atoms with Crippen LogP contribution in [0.2, 0.25) is 0 Å². The molecule has 7 nitrogen and oxygen atoms in total. The summed E-state index contributed by atoms with van der Waals surface area (Å²) in [6, 6.07) is 9.77. The second-order valence-corrected chi connectivity index (χ2v) is 10.9. The van der Waals surface area contributed by atoms with Crippen molar-refractivity contribution in [1.29, 1.82) is 0 Å². The molecule has 0 unspecified atom stereocenters. The molecule has 1 atom stereocenters. The second-order valence-electron chi connectivity index (χ2n) is 8.16. The van der Waals surface area contributed by atoms with E-state index in [9.17, 15) is 22.4 Å². The monoisotopic (exact) mass is 541 g/mol. The van der Waals surface area contributed by atoms with Gasteiger partial charge < -0.3 is 10.2 Å². The number of sulfonamides is 1. The molecule has 0 aliphatic carbocycles. The first-order valence-corrected chi connectivity index (χ1v) is 13.0. The van der Waals surface area contributed by atoms with Gasteiger partial charge in [-0.1, -0.05) is 34.1 Å². The molecule has 0 fully saturated rings. The van der Waals surface area contributed by atoms with Crippen LogP contribution >= 0.6 is 15.9 Å². The van der Waals surface area contributed by atoms with E-state index in [0.29, 0.717) is 5.69 Å². The predicted octanol–water partition coefficient (Wildman–Crippen LogP) is 3.60. The Morgan fingerprint density at radius 2 is 1.76 bits per heavy atom. The van der Waals surface area contributed by atoms with Gasteiger partial charge in [0.15, 0.2) is 0 Å². The molecule has 0 bridgehead atoms. The van der Waals surface area contributed by atoms with Gasteiger partial charge in [0.25, 0.3) is 0 Å². The van der Waals surface area contributed by atoms with Gasteiger partial charge in [0.05, 0.1) is 11.9 Å². The van der Waals surface area contributed by atoms with E-state index in [4.69, 9.17) is 0 Å². The zero-order valence-corrected chi connectivity index (χ0v) is 21.7. The maximum atomic E-state index is 14.3. The van der Waals surface area contributed by atoms with Crippen LogP contribution in [-0.4, -0.2) is 50.0 Å². The van der Waals surface area contributed by atoms with Crippen LogP contribution in [0.4, 0.5) is 10.1 Å². The Hall–Kier alpha value is -2.46. The van der Waals surface area contributed by atoms with Crippen molar-refractivity contribution in [1.82, 2.24) is 10.2 Å². The second kappa shape index (κ2) is 11.1. The molecule has 10 heteroatoms. The summed E-state index contributed by atoms with van der Waals surface area (Å²) < 4.78 is 41.2. The van der Waals surface area contributed by atoms with Gasteiger partial charge >= 0.3 is 0 Å². The first-order valence-electron chi connectivity index (χ1n) is 10.4. The van der Waals surface area contributed by atoms with Crippen LogP contribution in [0, 0.1) is 12.7 Å². The minimum atomic E-state index is -3.83. The molecule has 0 heterocycles. The fourth-order valence-corrected chi connectivity index (χ4v) is 4.28. The Kier molecular flexibility index (Phi) is 9.02. The standard InChI is InChI=1S/C23H29BrFN3O4S/c1-15(2)26-23(30)17(4)27(13-18-8-6-7-9-21(18)25)22(29)14-28(33(5,31)32)19-10-11-20(24)16(3)12-19/h6-12,15,17H,13-14H2,1-5H3,(H,26,30)/t17-/m0/s1. The van der Waals surface area contributed by atoms with Crippen molar-refractivity contribution in [3.05, 3.63) is 63.9 Å². The summed E-state index contributed by atoms with van der Waals surface area (Å²) in [5, 5.41) is 2.74. The Bertz CT molecular complexity index is 1120. The quantitative estimate of drug-likeness (QED) is 0.525. The predicted molar refractivity (Wildman–Crippen MR) is 131 cm³/mol. The van der Waals surface area contributed by atoms with Gasteiger partial charge in [-0.3, -0.25) is 13.9 Å². The molecule has 2 aromatic carbocycles. The molecule has 1 N–H and O–H groups in total. The molecule has 0 spiro atoms. The van der Waals surface area contributed by atoms with Gasteiger partial charge in [-0.05, 0) is 57.5 Å². The molecule has 0 radical (unpaired) electrons. The molecule has 2 rings (SSSR count). The van der Waals surface area contributed by atoms with Crippen LogP contribution < -0.4 is 9.62 Å². The first kappa shape index (κ1) is 26.8. The Morgan fingerprint density at radius 3 is 2.30 bits per heavy atom.